The zero-order valence-electron chi connectivity index (χ0n) is 37.5. The fourth-order valence-electron chi connectivity index (χ4n) is 6.83. The Morgan fingerprint density at radius 3 is 1.84 bits per heavy atom. The van der Waals surface area contributed by atoms with Gasteiger partial charge in [0.15, 0.2) is 5.78 Å². The van der Waals surface area contributed by atoms with Gasteiger partial charge < -0.3 is 44.2 Å². The average molecular weight is 886 g/mol. The fourth-order valence-corrected chi connectivity index (χ4v) is 6.83. The first-order valence-corrected chi connectivity index (χ1v) is 22.4. The van der Waals surface area contributed by atoms with Gasteiger partial charge in [-0.15, -0.1) is 0 Å². The largest absolute Gasteiger partial charge is 0.378 e. The number of hydrogen-bond acceptors (Lipinski definition) is 15. The molecule has 4 aromatic rings. The third kappa shape index (κ3) is 20.1. The predicted octanol–water partition coefficient (Wildman–Crippen LogP) is 3.17. The zero-order chi connectivity index (χ0) is 44.9. The van der Waals surface area contributed by atoms with Crippen molar-refractivity contribution in [1.82, 2.24) is 30.1 Å². The number of carbonyl (C=O) groups is 2. The second kappa shape index (κ2) is 30.5. The number of benzene rings is 2. The van der Waals surface area contributed by atoms with E-state index in [0.717, 1.165) is 72.1 Å². The van der Waals surface area contributed by atoms with Gasteiger partial charge in [0.05, 0.1) is 105 Å². The molecule has 3 N–H and O–H groups in total. The molecule has 0 atom stereocenters. The van der Waals surface area contributed by atoms with Crippen LogP contribution in [0, 0.1) is 6.92 Å². The van der Waals surface area contributed by atoms with Crippen LogP contribution in [0.25, 0.3) is 11.3 Å². The monoisotopic (exact) mass is 886 g/mol. The summed E-state index contributed by atoms with van der Waals surface area (Å²) in [6.45, 7) is 14.5. The van der Waals surface area contributed by atoms with Crippen LogP contribution < -0.4 is 11.1 Å². The Kier molecular flexibility index (Phi) is 24.0. The molecule has 64 heavy (non-hydrogen) atoms. The number of piperazine rings is 1. The molecule has 0 radical (unpaired) electrons. The van der Waals surface area contributed by atoms with E-state index in [2.05, 4.69) is 44.1 Å². The van der Waals surface area contributed by atoms with Crippen LogP contribution in [0.2, 0.25) is 0 Å². The van der Waals surface area contributed by atoms with Crippen LogP contribution in [0.3, 0.4) is 0 Å². The number of aromatic nitrogens is 3. The number of Topliss-reactive ketones (excluding diaryl/α,β-unsaturated/α-hetero) is 1. The van der Waals surface area contributed by atoms with Crippen LogP contribution in [0.4, 0.5) is 0 Å². The minimum atomic E-state index is -0.00418. The minimum absolute atomic E-state index is 0.00418. The highest BCUT2D eigenvalue weighted by Crippen LogP contribution is 2.20. The normalized spacial score (nSPS) is 13.3. The minimum Gasteiger partial charge on any atom is -0.378 e. The van der Waals surface area contributed by atoms with E-state index in [1.54, 1.807) is 18.6 Å². The highest BCUT2D eigenvalue weighted by molar-refractivity contribution is 5.97. The molecule has 16 nitrogen and oxygen atoms in total. The highest BCUT2D eigenvalue weighted by atomic mass is 16.6. The van der Waals surface area contributed by atoms with Gasteiger partial charge in [-0.3, -0.25) is 24.4 Å². The smallest absolute Gasteiger partial charge is 0.234 e. The molecular weight excluding hydrogens is 819 g/mol. The molecule has 2 aromatic carbocycles. The number of pyridine rings is 1. The number of nitrogens with one attached hydrogen (secondary N) is 1. The number of hydrogen-bond donors (Lipinski definition) is 2. The van der Waals surface area contributed by atoms with Crippen LogP contribution in [-0.4, -0.2) is 175 Å². The first-order chi connectivity index (χ1) is 31.5. The number of aryl methyl sites for hydroxylation is 1. The van der Waals surface area contributed by atoms with Gasteiger partial charge in [0.1, 0.15) is 5.82 Å². The van der Waals surface area contributed by atoms with E-state index in [4.69, 9.17) is 43.9 Å². The molecule has 1 amide bonds. The highest BCUT2D eigenvalue weighted by Gasteiger charge is 2.19. The summed E-state index contributed by atoms with van der Waals surface area (Å²) in [5, 5.41) is 2.95. The molecule has 1 aliphatic rings. The van der Waals surface area contributed by atoms with Crippen LogP contribution in [0.1, 0.15) is 38.4 Å². The number of carbonyl (C=O) groups excluding carboxylic acids is 2. The van der Waals surface area contributed by atoms with Gasteiger partial charge in [-0.25, -0.2) is 9.97 Å². The Bertz CT molecular complexity index is 1900. The Labute approximate surface area is 378 Å². The number of ketones is 1. The van der Waals surface area contributed by atoms with Crippen LogP contribution in [-0.2, 0) is 57.3 Å². The summed E-state index contributed by atoms with van der Waals surface area (Å²) in [5.41, 5.74) is 12.2. The molecule has 0 aliphatic carbocycles. The Morgan fingerprint density at radius 1 is 0.672 bits per heavy atom. The van der Waals surface area contributed by atoms with Gasteiger partial charge >= 0.3 is 0 Å². The second-order valence-corrected chi connectivity index (χ2v) is 15.3. The number of nitrogens with zero attached hydrogens (tertiary/aromatic N) is 5. The van der Waals surface area contributed by atoms with Crippen LogP contribution in [0.5, 0.6) is 0 Å². The van der Waals surface area contributed by atoms with Crippen molar-refractivity contribution in [3.05, 3.63) is 113 Å². The van der Waals surface area contributed by atoms with Crippen molar-refractivity contribution in [3.8, 4) is 11.3 Å². The van der Waals surface area contributed by atoms with E-state index in [1.165, 1.54) is 0 Å². The molecule has 0 spiro atoms. The van der Waals surface area contributed by atoms with Crippen LogP contribution in [0.15, 0.2) is 79.3 Å². The zero-order valence-corrected chi connectivity index (χ0v) is 37.5. The maximum Gasteiger partial charge on any atom is 0.234 e. The molecule has 3 heterocycles. The van der Waals surface area contributed by atoms with E-state index >= 15 is 0 Å². The summed E-state index contributed by atoms with van der Waals surface area (Å²) in [4.78, 5) is 43.9. The summed E-state index contributed by atoms with van der Waals surface area (Å²) in [7, 11) is 0. The Balaban J connectivity index is 0.843. The Morgan fingerprint density at radius 2 is 1.25 bits per heavy atom. The molecule has 1 fully saturated rings. The lowest BCUT2D eigenvalue weighted by molar-refractivity contribution is -0.123. The van der Waals surface area contributed by atoms with Crippen molar-refractivity contribution in [1.29, 1.82) is 0 Å². The summed E-state index contributed by atoms with van der Waals surface area (Å²) in [6, 6.07) is 19.9. The first-order valence-electron chi connectivity index (χ1n) is 22.4. The summed E-state index contributed by atoms with van der Waals surface area (Å²) >= 11 is 0. The van der Waals surface area contributed by atoms with Crippen molar-refractivity contribution in [3.63, 3.8) is 0 Å². The van der Waals surface area contributed by atoms with Gasteiger partial charge in [-0.1, -0.05) is 42.5 Å². The summed E-state index contributed by atoms with van der Waals surface area (Å²) in [6.07, 6.45) is 6.22. The van der Waals surface area contributed by atoms with Gasteiger partial charge in [0.2, 0.25) is 5.91 Å². The SMILES string of the molecule is Cc1ccc(CC(=O)c2ccc(CN3CCN(CC(=O)NCCOCCOCCOCCOCCOCCOCCOCCN)CC3)cc2)cc1Cc1nccc(-c2cccnc2)n1. The van der Waals surface area contributed by atoms with E-state index in [0.29, 0.717) is 131 Å². The topological polar surface area (TPSA) is 182 Å². The number of ether oxygens (including phenoxy) is 7. The van der Waals surface area contributed by atoms with E-state index < -0.39 is 0 Å². The van der Waals surface area contributed by atoms with Gasteiger partial charge in [0, 0.05) is 88.4 Å². The van der Waals surface area contributed by atoms with Crippen molar-refractivity contribution in [2.45, 2.75) is 26.3 Å². The Hall–Kier alpha value is -4.59. The van der Waals surface area contributed by atoms with Crippen molar-refractivity contribution in [2.24, 2.45) is 5.73 Å². The lowest BCUT2D eigenvalue weighted by Crippen LogP contribution is -2.49. The van der Waals surface area contributed by atoms with E-state index in [-0.39, 0.29) is 11.7 Å². The van der Waals surface area contributed by atoms with E-state index in [1.807, 2.05) is 48.5 Å². The van der Waals surface area contributed by atoms with Gasteiger partial charge in [-0.2, -0.15) is 0 Å². The molecule has 0 unspecified atom stereocenters. The van der Waals surface area contributed by atoms with Gasteiger partial charge in [-0.05, 0) is 47.4 Å². The molecule has 5 rings (SSSR count). The standard InChI is InChI=1S/C48H67N7O9/c1-39-4-5-41(33-44(39)35-47-51-13-10-45(53-47)43-3-2-12-50-36-43)34-46(56)42-8-6-40(7-9-42)37-54-15-17-55(18-16-54)38-48(57)52-14-20-59-22-24-61-26-28-63-30-32-64-31-29-62-27-25-60-23-21-58-19-11-49/h2-10,12-13,33,36H,11,14-32,34-35,37-38,49H2,1H3,(H,52,57). The lowest BCUT2D eigenvalue weighted by atomic mass is 9.97. The predicted molar refractivity (Wildman–Crippen MR) is 243 cm³/mol. The van der Waals surface area contributed by atoms with Gasteiger partial charge in [0.25, 0.3) is 0 Å². The second-order valence-electron chi connectivity index (χ2n) is 15.3. The average Bonchev–Trinajstić information content (AvgIpc) is 3.31. The van der Waals surface area contributed by atoms with Crippen LogP contribution >= 0.6 is 0 Å². The molecule has 2 aromatic heterocycles. The maximum atomic E-state index is 13.3. The van der Waals surface area contributed by atoms with Crippen molar-refractivity contribution >= 4 is 11.7 Å². The fraction of sp³-hybridized carbons (Fsp3) is 0.521. The number of amides is 1. The van der Waals surface area contributed by atoms with Crippen molar-refractivity contribution in [2.75, 3.05) is 138 Å². The molecule has 16 heteroatoms. The molecular formula is C48H67N7O9. The third-order valence-electron chi connectivity index (χ3n) is 10.4. The number of nitrogens with two attached hydrogens (primary N) is 1. The lowest BCUT2D eigenvalue weighted by Gasteiger charge is -2.34. The van der Waals surface area contributed by atoms with Crippen molar-refractivity contribution < 1.29 is 42.7 Å². The molecule has 348 valence electrons. The molecule has 0 saturated carbocycles. The molecule has 0 bridgehead atoms. The maximum absolute atomic E-state index is 13.3. The first kappa shape index (κ1) is 50.4. The quantitative estimate of drug-likeness (QED) is 0.0526. The molecule has 1 saturated heterocycles. The molecule has 1 aliphatic heterocycles. The van der Waals surface area contributed by atoms with E-state index in [9.17, 15) is 9.59 Å². The summed E-state index contributed by atoms with van der Waals surface area (Å²) < 4.78 is 38.2. The number of rotatable bonds is 33. The summed E-state index contributed by atoms with van der Waals surface area (Å²) in [5.74, 6) is 0.803. The third-order valence-corrected chi connectivity index (χ3v) is 10.4.